The zero-order chi connectivity index (χ0) is 10.7. The minimum atomic E-state index is -0.893. The highest BCUT2D eigenvalue weighted by Crippen LogP contribution is 2.20. The van der Waals surface area contributed by atoms with E-state index in [-0.39, 0.29) is 0 Å². The molecule has 0 bridgehead atoms. The molecule has 1 atom stereocenters. The van der Waals surface area contributed by atoms with Gasteiger partial charge in [-0.05, 0) is 6.92 Å². The summed E-state index contributed by atoms with van der Waals surface area (Å²) in [7, 11) is 0. The molecule has 0 saturated carbocycles. The lowest BCUT2D eigenvalue weighted by atomic mass is 10.5. The molecule has 0 aliphatic heterocycles. The summed E-state index contributed by atoms with van der Waals surface area (Å²) >= 11 is 1.08. The molecule has 0 fully saturated rings. The van der Waals surface area contributed by atoms with Gasteiger partial charge >= 0.3 is 5.97 Å². The maximum Gasteiger partial charge on any atom is 0.316 e. The van der Waals surface area contributed by atoms with Crippen LogP contribution in [0.1, 0.15) is 19.7 Å². The van der Waals surface area contributed by atoms with Crippen molar-refractivity contribution in [3.05, 3.63) is 5.82 Å². The summed E-state index contributed by atoms with van der Waals surface area (Å²) in [6.45, 7) is 3.48. The smallest absolute Gasteiger partial charge is 0.316 e. The monoisotopic (exact) mass is 216 g/mol. The van der Waals surface area contributed by atoms with Crippen molar-refractivity contribution < 1.29 is 9.90 Å². The van der Waals surface area contributed by atoms with Gasteiger partial charge in [0.05, 0.1) is 0 Å². The van der Waals surface area contributed by atoms with E-state index in [1.54, 1.807) is 6.92 Å². The number of aromatic nitrogens is 3. The fourth-order valence-electron chi connectivity index (χ4n) is 0.837. The Kier molecular flexibility index (Phi) is 3.34. The third-order valence-electron chi connectivity index (χ3n) is 1.68. The Morgan fingerprint density at radius 3 is 2.79 bits per heavy atom. The van der Waals surface area contributed by atoms with E-state index < -0.39 is 11.2 Å². The first-order chi connectivity index (χ1) is 6.56. The van der Waals surface area contributed by atoms with E-state index in [1.807, 2.05) is 6.92 Å². The SMILES string of the molecule is CCc1nnc(SC(C)C(=O)O)n1N. The number of aryl methyl sites for hydroxylation is 1. The molecule has 1 aromatic rings. The lowest BCUT2D eigenvalue weighted by Gasteiger charge is -2.04. The van der Waals surface area contributed by atoms with E-state index in [0.29, 0.717) is 17.4 Å². The van der Waals surface area contributed by atoms with Gasteiger partial charge in [-0.3, -0.25) is 4.79 Å². The van der Waals surface area contributed by atoms with Crippen LogP contribution in [-0.4, -0.2) is 31.2 Å². The van der Waals surface area contributed by atoms with Gasteiger partial charge in [0.15, 0.2) is 5.82 Å². The largest absolute Gasteiger partial charge is 0.480 e. The normalized spacial score (nSPS) is 12.7. The number of thioether (sulfide) groups is 1. The minimum absolute atomic E-state index is 0.428. The molecule has 1 unspecified atom stereocenters. The molecule has 0 radical (unpaired) electrons. The van der Waals surface area contributed by atoms with Crippen LogP contribution in [-0.2, 0) is 11.2 Å². The Labute approximate surface area is 85.5 Å². The molecule has 14 heavy (non-hydrogen) atoms. The number of carboxylic acids is 1. The van der Waals surface area contributed by atoms with Crippen molar-refractivity contribution >= 4 is 17.7 Å². The van der Waals surface area contributed by atoms with Crippen LogP contribution in [0.3, 0.4) is 0 Å². The fraction of sp³-hybridized carbons (Fsp3) is 0.571. The number of nitrogens with two attached hydrogens (primary N) is 1. The lowest BCUT2D eigenvalue weighted by Crippen LogP contribution is -2.17. The number of nitrogens with zero attached hydrogens (tertiary/aromatic N) is 3. The Morgan fingerprint density at radius 2 is 2.36 bits per heavy atom. The highest BCUT2D eigenvalue weighted by Gasteiger charge is 2.17. The summed E-state index contributed by atoms with van der Waals surface area (Å²) in [5.74, 6) is 5.39. The molecule has 78 valence electrons. The molecule has 0 aliphatic carbocycles. The molecular formula is C7H12N4O2S. The first-order valence-corrected chi connectivity index (χ1v) is 5.03. The van der Waals surface area contributed by atoms with Gasteiger partial charge in [-0.25, -0.2) is 4.68 Å². The van der Waals surface area contributed by atoms with Gasteiger partial charge in [0, 0.05) is 6.42 Å². The molecule has 1 aromatic heterocycles. The van der Waals surface area contributed by atoms with Crippen LogP contribution in [0.4, 0.5) is 0 Å². The molecule has 0 amide bonds. The van der Waals surface area contributed by atoms with Gasteiger partial charge in [0.1, 0.15) is 5.25 Å². The number of hydrogen-bond donors (Lipinski definition) is 2. The molecule has 0 aliphatic rings. The van der Waals surface area contributed by atoms with Crippen molar-refractivity contribution in [3.8, 4) is 0 Å². The third-order valence-corrected chi connectivity index (χ3v) is 2.73. The first kappa shape index (κ1) is 10.8. The summed E-state index contributed by atoms with van der Waals surface area (Å²) in [5.41, 5.74) is 0. The van der Waals surface area contributed by atoms with E-state index in [9.17, 15) is 4.79 Å². The Hall–Kier alpha value is -1.24. The molecule has 6 nitrogen and oxygen atoms in total. The number of rotatable bonds is 4. The van der Waals surface area contributed by atoms with Crippen molar-refractivity contribution in [3.63, 3.8) is 0 Å². The zero-order valence-electron chi connectivity index (χ0n) is 7.97. The summed E-state index contributed by atoms with van der Waals surface area (Å²) in [6, 6.07) is 0. The van der Waals surface area contributed by atoms with Crippen LogP contribution in [0.5, 0.6) is 0 Å². The van der Waals surface area contributed by atoms with Crippen LogP contribution in [0.25, 0.3) is 0 Å². The van der Waals surface area contributed by atoms with Crippen molar-refractivity contribution in [2.24, 2.45) is 0 Å². The van der Waals surface area contributed by atoms with E-state index in [4.69, 9.17) is 10.9 Å². The molecule has 0 aromatic carbocycles. The lowest BCUT2D eigenvalue weighted by molar-refractivity contribution is -0.136. The third kappa shape index (κ3) is 2.16. The van der Waals surface area contributed by atoms with Gasteiger partial charge in [-0.1, -0.05) is 18.7 Å². The average molecular weight is 216 g/mol. The quantitative estimate of drug-likeness (QED) is 0.548. The minimum Gasteiger partial charge on any atom is -0.480 e. The molecule has 7 heteroatoms. The second-order valence-corrected chi connectivity index (χ2v) is 4.03. The number of carboxylic acid groups (broad SMARTS) is 1. The number of hydrogen-bond acceptors (Lipinski definition) is 5. The molecule has 3 N–H and O–H groups in total. The maximum absolute atomic E-state index is 10.6. The van der Waals surface area contributed by atoms with Gasteiger partial charge in [-0.15, -0.1) is 10.2 Å². The predicted octanol–water partition coefficient (Wildman–Crippen LogP) is 0.119. The van der Waals surface area contributed by atoms with Gasteiger partial charge in [0.2, 0.25) is 5.16 Å². The average Bonchev–Trinajstić information content (AvgIpc) is 2.47. The predicted molar refractivity (Wildman–Crippen MR) is 52.5 cm³/mol. The molecule has 1 rings (SSSR count). The molecule has 0 saturated heterocycles. The fourth-order valence-corrected chi connectivity index (χ4v) is 1.56. The highest BCUT2D eigenvalue weighted by molar-refractivity contribution is 8.00. The zero-order valence-corrected chi connectivity index (χ0v) is 8.78. The van der Waals surface area contributed by atoms with Crippen molar-refractivity contribution in [2.75, 3.05) is 5.84 Å². The van der Waals surface area contributed by atoms with Crippen LogP contribution in [0, 0.1) is 0 Å². The van der Waals surface area contributed by atoms with Gasteiger partial charge in [-0.2, -0.15) is 0 Å². The van der Waals surface area contributed by atoms with E-state index >= 15 is 0 Å². The van der Waals surface area contributed by atoms with E-state index in [2.05, 4.69) is 10.2 Å². The Balaban J connectivity index is 2.77. The second kappa shape index (κ2) is 4.32. The summed E-state index contributed by atoms with van der Waals surface area (Å²) in [5, 5.41) is 16.1. The standard InChI is InChI=1S/C7H12N4O2S/c1-3-5-9-10-7(11(5)8)14-4(2)6(12)13/h4H,3,8H2,1-2H3,(H,12,13). The van der Waals surface area contributed by atoms with Crippen LogP contribution in [0.15, 0.2) is 5.16 Å². The Morgan fingerprint density at radius 1 is 1.71 bits per heavy atom. The maximum atomic E-state index is 10.6. The topological polar surface area (TPSA) is 94.0 Å². The second-order valence-electron chi connectivity index (χ2n) is 2.72. The van der Waals surface area contributed by atoms with Gasteiger partial charge in [0.25, 0.3) is 0 Å². The summed E-state index contributed by atoms with van der Waals surface area (Å²) in [4.78, 5) is 10.6. The number of aliphatic carboxylic acids is 1. The number of nitrogen functional groups attached to an aromatic ring is 1. The summed E-state index contributed by atoms with van der Waals surface area (Å²) < 4.78 is 1.32. The van der Waals surface area contributed by atoms with Crippen molar-refractivity contribution in [1.82, 2.24) is 14.9 Å². The molecule has 1 heterocycles. The van der Waals surface area contributed by atoms with Crippen molar-refractivity contribution in [1.29, 1.82) is 0 Å². The Bertz CT molecular complexity index is 338. The highest BCUT2D eigenvalue weighted by atomic mass is 32.2. The number of carbonyl (C=O) groups is 1. The van der Waals surface area contributed by atoms with Gasteiger partial charge < -0.3 is 10.9 Å². The van der Waals surface area contributed by atoms with E-state index in [0.717, 1.165) is 11.8 Å². The summed E-state index contributed by atoms with van der Waals surface area (Å²) in [6.07, 6.45) is 0.672. The van der Waals surface area contributed by atoms with Crippen LogP contribution in [0.2, 0.25) is 0 Å². The molecular weight excluding hydrogens is 204 g/mol. The molecule has 0 spiro atoms. The van der Waals surface area contributed by atoms with Crippen molar-refractivity contribution in [2.45, 2.75) is 30.7 Å². The van der Waals surface area contributed by atoms with Crippen LogP contribution < -0.4 is 5.84 Å². The first-order valence-electron chi connectivity index (χ1n) is 4.15. The van der Waals surface area contributed by atoms with E-state index in [1.165, 1.54) is 4.68 Å². The van der Waals surface area contributed by atoms with Crippen LogP contribution >= 0.6 is 11.8 Å².